The Bertz CT molecular complexity index is 282. The molecule has 2 aliphatic rings. The van der Waals surface area contributed by atoms with Gasteiger partial charge in [-0.05, 0) is 37.6 Å². The number of carbonyl (C=O) groups excluding carboxylic acids is 1. The van der Waals surface area contributed by atoms with Gasteiger partial charge in [0.25, 0.3) is 0 Å². The number of nitrogens with zero attached hydrogens (tertiary/aromatic N) is 1. The average molecular weight is 238 g/mol. The van der Waals surface area contributed by atoms with Crippen molar-refractivity contribution >= 4 is 5.91 Å². The molecule has 1 aliphatic carbocycles. The van der Waals surface area contributed by atoms with Gasteiger partial charge in [-0.1, -0.05) is 20.8 Å². The lowest BCUT2D eigenvalue weighted by Crippen LogP contribution is -2.42. The third-order valence-electron chi connectivity index (χ3n) is 4.22. The van der Waals surface area contributed by atoms with E-state index in [0.717, 1.165) is 32.5 Å². The van der Waals surface area contributed by atoms with E-state index in [1.54, 1.807) is 0 Å². The summed E-state index contributed by atoms with van der Waals surface area (Å²) in [6.07, 6.45) is 4.62. The van der Waals surface area contributed by atoms with E-state index < -0.39 is 0 Å². The molecule has 98 valence electrons. The van der Waals surface area contributed by atoms with Crippen molar-refractivity contribution in [1.29, 1.82) is 0 Å². The molecule has 1 N–H and O–H groups in total. The molecular formula is C14H26N2O. The molecule has 3 heteroatoms. The fourth-order valence-electron chi connectivity index (χ4n) is 2.85. The lowest BCUT2D eigenvalue weighted by Gasteiger charge is -2.26. The van der Waals surface area contributed by atoms with E-state index in [4.69, 9.17) is 0 Å². The van der Waals surface area contributed by atoms with E-state index in [-0.39, 0.29) is 11.3 Å². The van der Waals surface area contributed by atoms with Crippen molar-refractivity contribution in [3.63, 3.8) is 0 Å². The van der Waals surface area contributed by atoms with Crippen LogP contribution >= 0.6 is 0 Å². The minimum Gasteiger partial charge on any atom is -0.341 e. The molecule has 0 aromatic carbocycles. The molecule has 1 saturated carbocycles. The van der Waals surface area contributed by atoms with Crippen LogP contribution in [0.4, 0.5) is 0 Å². The van der Waals surface area contributed by atoms with Crippen LogP contribution in [-0.4, -0.2) is 36.5 Å². The largest absolute Gasteiger partial charge is 0.341 e. The van der Waals surface area contributed by atoms with Gasteiger partial charge in [0.05, 0.1) is 0 Å². The number of hydrogen-bond donors (Lipinski definition) is 1. The van der Waals surface area contributed by atoms with Crippen molar-refractivity contribution in [3.8, 4) is 0 Å². The maximum Gasteiger partial charge on any atom is 0.226 e. The second-order valence-corrected chi connectivity index (χ2v) is 6.32. The second kappa shape index (κ2) is 4.97. The minimum absolute atomic E-state index is 0.256. The van der Waals surface area contributed by atoms with Crippen molar-refractivity contribution in [2.45, 2.75) is 52.5 Å². The summed E-state index contributed by atoms with van der Waals surface area (Å²) in [5, 5.41) is 3.49. The topological polar surface area (TPSA) is 32.3 Å². The summed E-state index contributed by atoms with van der Waals surface area (Å²) in [6.45, 7) is 9.51. The molecule has 0 spiro atoms. The van der Waals surface area contributed by atoms with E-state index in [9.17, 15) is 4.79 Å². The van der Waals surface area contributed by atoms with Crippen LogP contribution in [0.25, 0.3) is 0 Å². The number of rotatable bonds is 5. The van der Waals surface area contributed by atoms with E-state index in [1.807, 2.05) is 0 Å². The first-order chi connectivity index (χ1) is 8.04. The highest BCUT2D eigenvalue weighted by molar-refractivity contribution is 5.82. The standard InChI is InChI=1S/C14H26N2O/c1-4-8-16(10-11-6-5-7-15-11)13(17)12-9-14(12,2)3/h11-12,15H,4-10H2,1-3H3. The molecule has 0 aromatic rings. The van der Waals surface area contributed by atoms with Crippen molar-refractivity contribution < 1.29 is 4.79 Å². The zero-order chi connectivity index (χ0) is 12.5. The Morgan fingerprint density at radius 2 is 2.18 bits per heavy atom. The predicted octanol–water partition coefficient (Wildman–Crippen LogP) is 2.02. The first kappa shape index (κ1) is 12.9. The second-order valence-electron chi connectivity index (χ2n) is 6.32. The van der Waals surface area contributed by atoms with E-state index in [0.29, 0.717) is 11.9 Å². The molecule has 1 aliphatic heterocycles. The monoisotopic (exact) mass is 238 g/mol. The van der Waals surface area contributed by atoms with Crippen molar-refractivity contribution in [2.75, 3.05) is 19.6 Å². The number of hydrogen-bond acceptors (Lipinski definition) is 2. The molecule has 2 unspecified atom stereocenters. The first-order valence-corrected chi connectivity index (χ1v) is 7.07. The van der Waals surface area contributed by atoms with Gasteiger partial charge in [0.2, 0.25) is 5.91 Å². The summed E-state index contributed by atoms with van der Waals surface area (Å²) in [4.78, 5) is 14.5. The fraction of sp³-hybridized carbons (Fsp3) is 0.929. The molecule has 17 heavy (non-hydrogen) atoms. The van der Waals surface area contributed by atoms with Crippen LogP contribution in [0.3, 0.4) is 0 Å². The summed E-state index contributed by atoms with van der Waals surface area (Å²) < 4.78 is 0. The van der Waals surface area contributed by atoms with Crippen molar-refractivity contribution in [3.05, 3.63) is 0 Å². The molecule has 2 fully saturated rings. The quantitative estimate of drug-likeness (QED) is 0.795. The summed E-state index contributed by atoms with van der Waals surface area (Å²) in [6, 6.07) is 0.535. The smallest absolute Gasteiger partial charge is 0.226 e. The molecule has 1 heterocycles. The number of nitrogens with one attached hydrogen (secondary N) is 1. The summed E-state index contributed by atoms with van der Waals surface area (Å²) in [5.74, 6) is 0.681. The van der Waals surface area contributed by atoms with Crippen LogP contribution in [0.15, 0.2) is 0 Å². The minimum atomic E-state index is 0.256. The van der Waals surface area contributed by atoms with Crippen molar-refractivity contribution in [2.24, 2.45) is 11.3 Å². The Morgan fingerprint density at radius 3 is 2.65 bits per heavy atom. The molecule has 2 atom stereocenters. The summed E-state index contributed by atoms with van der Waals surface area (Å²) >= 11 is 0. The van der Waals surface area contributed by atoms with Gasteiger partial charge in [-0.3, -0.25) is 4.79 Å². The number of amides is 1. The molecule has 2 rings (SSSR count). The average Bonchev–Trinajstić information content (AvgIpc) is 2.71. The number of carbonyl (C=O) groups is 1. The lowest BCUT2D eigenvalue weighted by molar-refractivity contribution is -0.133. The molecular weight excluding hydrogens is 212 g/mol. The zero-order valence-corrected chi connectivity index (χ0v) is 11.5. The van der Waals surface area contributed by atoms with Crippen LogP contribution in [0.2, 0.25) is 0 Å². The lowest BCUT2D eigenvalue weighted by atomic mass is 10.1. The first-order valence-electron chi connectivity index (χ1n) is 7.07. The molecule has 0 bridgehead atoms. The third-order valence-corrected chi connectivity index (χ3v) is 4.22. The Morgan fingerprint density at radius 1 is 1.47 bits per heavy atom. The van der Waals surface area contributed by atoms with Gasteiger partial charge in [0.1, 0.15) is 0 Å². The molecule has 0 aromatic heterocycles. The van der Waals surface area contributed by atoms with Crippen LogP contribution in [0.5, 0.6) is 0 Å². The van der Waals surface area contributed by atoms with Gasteiger partial charge in [-0.2, -0.15) is 0 Å². The van der Waals surface area contributed by atoms with Crippen LogP contribution < -0.4 is 5.32 Å². The Kier molecular flexibility index (Phi) is 3.76. The third kappa shape index (κ3) is 3.01. The van der Waals surface area contributed by atoms with Gasteiger partial charge >= 0.3 is 0 Å². The predicted molar refractivity (Wildman–Crippen MR) is 69.8 cm³/mol. The molecule has 1 amide bonds. The highest BCUT2D eigenvalue weighted by Gasteiger charge is 2.51. The molecule has 0 radical (unpaired) electrons. The Labute approximate surface area is 105 Å². The highest BCUT2D eigenvalue weighted by Crippen LogP contribution is 2.52. The van der Waals surface area contributed by atoms with Gasteiger partial charge in [-0.15, -0.1) is 0 Å². The zero-order valence-electron chi connectivity index (χ0n) is 11.5. The van der Waals surface area contributed by atoms with Crippen molar-refractivity contribution in [1.82, 2.24) is 10.2 Å². The molecule has 1 saturated heterocycles. The van der Waals surface area contributed by atoms with E-state index in [1.165, 1.54) is 12.8 Å². The highest BCUT2D eigenvalue weighted by atomic mass is 16.2. The van der Waals surface area contributed by atoms with Crippen LogP contribution in [0, 0.1) is 11.3 Å². The summed E-state index contributed by atoms with van der Waals surface area (Å²) in [5.41, 5.74) is 0.256. The maximum atomic E-state index is 12.4. The van der Waals surface area contributed by atoms with Crippen LogP contribution in [0.1, 0.15) is 46.5 Å². The van der Waals surface area contributed by atoms with E-state index >= 15 is 0 Å². The molecule has 3 nitrogen and oxygen atoms in total. The summed E-state index contributed by atoms with van der Waals surface area (Å²) in [7, 11) is 0. The van der Waals surface area contributed by atoms with E-state index in [2.05, 4.69) is 31.0 Å². The SMILES string of the molecule is CCCN(CC1CCCN1)C(=O)C1CC1(C)C. The van der Waals surface area contributed by atoms with Crippen LogP contribution in [-0.2, 0) is 4.79 Å². The Balaban J connectivity index is 1.89. The van der Waals surface area contributed by atoms with Gasteiger partial charge < -0.3 is 10.2 Å². The fourth-order valence-corrected chi connectivity index (χ4v) is 2.85. The van der Waals surface area contributed by atoms with Gasteiger partial charge in [0, 0.05) is 25.0 Å². The normalized spacial score (nSPS) is 30.3. The van der Waals surface area contributed by atoms with Gasteiger partial charge in [0.15, 0.2) is 0 Å². The van der Waals surface area contributed by atoms with Gasteiger partial charge in [-0.25, -0.2) is 0 Å². The Hall–Kier alpha value is -0.570. The maximum absolute atomic E-state index is 12.4.